The molecule has 3 atom stereocenters. The van der Waals surface area contributed by atoms with Crippen molar-refractivity contribution in [3.8, 4) is 0 Å². The first-order valence-corrected chi connectivity index (χ1v) is 15.1. The maximum absolute atomic E-state index is 12.3. The van der Waals surface area contributed by atoms with Gasteiger partial charge in [0.15, 0.2) is 8.32 Å². The lowest BCUT2D eigenvalue weighted by Crippen LogP contribution is -2.41. The Bertz CT molecular complexity index is 720. The summed E-state index contributed by atoms with van der Waals surface area (Å²) in [4.78, 5) is 0.222. The molecular formula is C23H42O4SSi. The highest BCUT2D eigenvalue weighted by atomic mass is 32.2. The molecule has 0 aromatic heterocycles. The van der Waals surface area contributed by atoms with Crippen LogP contribution in [-0.2, 0) is 18.7 Å². The van der Waals surface area contributed by atoms with Crippen molar-refractivity contribution in [2.24, 2.45) is 17.8 Å². The Morgan fingerprint density at radius 1 is 0.897 bits per heavy atom. The second kappa shape index (κ2) is 10.6. The zero-order valence-electron chi connectivity index (χ0n) is 19.9. The molecule has 0 bridgehead atoms. The molecule has 0 radical (unpaired) electrons. The van der Waals surface area contributed by atoms with Gasteiger partial charge in [-0.25, -0.2) is 0 Å². The van der Waals surface area contributed by atoms with E-state index in [-0.39, 0.29) is 22.5 Å². The topological polar surface area (TPSA) is 52.6 Å². The summed E-state index contributed by atoms with van der Waals surface area (Å²) >= 11 is 0. The molecule has 0 aliphatic heterocycles. The number of hydrogen-bond acceptors (Lipinski definition) is 4. The van der Waals surface area contributed by atoms with Crippen LogP contribution in [0.25, 0.3) is 0 Å². The van der Waals surface area contributed by atoms with E-state index in [9.17, 15) is 8.42 Å². The molecule has 0 heterocycles. The van der Waals surface area contributed by atoms with E-state index in [1.165, 1.54) is 0 Å². The summed E-state index contributed by atoms with van der Waals surface area (Å²) in [5.41, 5.74) is 1.03. The Balaban J connectivity index is 2.44. The van der Waals surface area contributed by atoms with Crippen molar-refractivity contribution < 1.29 is 17.0 Å². The van der Waals surface area contributed by atoms with Crippen molar-refractivity contribution in [2.75, 3.05) is 13.2 Å². The first kappa shape index (κ1) is 26.3. The molecule has 0 saturated heterocycles. The fraction of sp³-hybridized carbons (Fsp3) is 0.739. The van der Waals surface area contributed by atoms with Gasteiger partial charge >= 0.3 is 0 Å². The van der Waals surface area contributed by atoms with Gasteiger partial charge in [-0.05, 0) is 67.8 Å². The fourth-order valence-corrected chi connectivity index (χ4v) is 5.30. The maximum atomic E-state index is 12.3. The van der Waals surface area contributed by atoms with Gasteiger partial charge < -0.3 is 4.43 Å². The minimum atomic E-state index is -3.69. The largest absolute Gasteiger partial charge is 0.417 e. The number of rotatable bonds is 11. The molecule has 1 aromatic rings. The van der Waals surface area contributed by atoms with Crippen molar-refractivity contribution in [3.63, 3.8) is 0 Å². The predicted octanol–water partition coefficient (Wildman–Crippen LogP) is 6.41. The summed E-state index contributed by atoms with van der Waals surface area (Å²) < 4.78 is 36.3. The van der Waals surface area contributed by atoms with E-state index >= 15 is 0 Å². The van der Waals surface area contributed by atoms with E-state index in [0.29, 0.717) is 11.8 Å². The normalized spacial score (nSPS) is 16.4. The van der Waals surface area contributed by atoms with Gasteiger partial charge in [0.05, 0.1) is 11.5 Å². The van der Waals surface area contributed by atoms with Crippen molar-refractivity contribution >= 4 is 18.4 Å². The van der Waals surface area contributed by atoms with Gasteiger partial charge in [-0.15, -0.1) is 0 Å². The SMILES string of the molecule is Cc1ccc(S(=O)(=O)OC[C@H](C)C[C@H](C)C[C@H](C)CO[Si](C)(C)C(C)(C)C)cc1. The third-order valence-corrected chi connectivity index (χ3v) is 11.8. The Kier molecular flexibility index (Phi) is 9.59. The smallest absolute Gasteiger partial charge is 0.296 e. The summed E-state index contributed by atoms with van der Waals surface area (Å²) in [6, 6.07) is 6.77. The summed E-state index contributed by atoms with van der Waals surface area (Å²) in [5, 5.41) is 0.229. The second-order valence-corrected chi connectivity index (χ2v) is 16.8. The van der Waals surface area contributed by atoms with Crippen LogP contribution in [0.15, 0.2) is 29.2 Å². The van der Waals surface area contributed by atoms with Crippen LogP contribution < -0.4 is 0 Å². The molecule has 0 spiro atoms. The Morgan fingerprint density at radius 3 is 1.86 bits per heavy atom. The molecule has 1 aromatic carbocycles. The lowest BCUT2D eigenvalue weighted by molar-refractivity contribution is 0.196. The maximum Gasteiger partial charge on any atom is 0.296 e. The van der Waals surface area contributed by atoms with E-state index in [2.05, 4.69) is 54.6 Å². The van der Waals surface area contributed by atoms with Crippen molar-refractivity contribution in [3.05, 3.63) is 29.8 Å². The molecule has 0 unspecified atom stereocenters. The van der Waals surface area contributed by atoms with Crippen LogP contribution in [0.2, 0.25) is 18.1 Å². The Hall–Kier alpha value is -0.693. The van der Waals surface area contributed by atoms with E-state index in [1.807, 2.05) is 6.92 Å². The van der Waals surface area contributed by atoms with Gasteiger partial charge in [-0.3, -0.25) is 4.18 Å². The molecule has 0 aliphatic carbocycles. The fourth-order valence-electron chi connectivity index (χ4n) is 3.15. The summed E-state index contributed by atoms with van der Waals surface area (Å²) in [7, 11) is -5.39. The molecule has 0 amide bonds. The number of hydrogen-bond donors (Lipinski definition) is 0. The molecule has 1 rings (SSSR count). The lowest BCUT2D eigenvalue weighted by Gasteiger charge is -2.37. The third kappa shape index (κ3) is 8.91. The zero-order chi connectivity index (χ0) is 22.5. The van der Waals surface area contributed by atoms with Crippen LogP contribution in [0.5, 0.6) is 0 Å². The van der Waals surface area contributed by atoms with Gasteiger partial charge in [0.1, 0.15) is 0 Å². The van der Waals surface area contributed by atoms with Gasteiger partial charge in [-0.1, -0.05) is 59.2 Å². The number of aryl methyl sites for hydroxylation is 1. The van der Waals surface area contributed by atoms with Crippen LogP contribution in [0, 0.1) is 24.7 Å². The number of benzene rings is 1. The molecule has 0 saturated carbocycles. The average molecular weight is 443 g/mol. The van der Waals surface area contributed by atoms with Gasteiger partial charge in [0.25, 0.3) is 10.1 Å². The van der Waals surface area contributed by atoms with Crippen LogP contribution in [0.3, 0.4) is 0 Å². The summed E-state index contributed by atoms with van der Waals surface area (Å²) in [6.45, 7) is 20.8. The first-order valence-electron chi connectivity index (χ1n) is 10.7. The Labute approximate surface area is 180 Å². The van der Waals surface area contributed by atoms with E-state index in [4.69, 9.17) is 8.61 Å². The minimum absolute atomic E-state index is 0.179. The molecule has 0 fully saturated rings. The van der Waals surface area contributed by atoms with Crippen LogP contribution in [-0.4, -0.2) is 29.9 Å². The van der Waals surface area contributed by atoms with Crippen molar-refractivity contribution in [1.82, 2.24) is 0 Å². The average Bonchev–Trinajstić information content (AvgIpc) is 2.57. The summed E-state index contributed by atoms with van der Waals surface area (Å²) in [6.07, 6.45) is 2.01. The zero-order valence-corrected chi connectivity index (χ0v) is 21.7. The minimum Gasteiger partial charge on any atom is -0.417 e. The van der Waals surface area contributed by atoms with Crippen molar-refractivity contribution in [2.45, 2.75) is 84.3 Å². The van der Waals surface area contributed by atoms with Crippen LogP contribution in [0.4, 0.5) is 0 Å². The lowest BCUT2D eigenvalue weighted by atomic mass is 9.90. The monoisotopic (exact) mass is 442 g/mol. The van der Waals surface area contributed by atoms with E-state index < -0.39 is 18.4 Å². The highest BCUT2D eigenvalue weighted by Crippen LogP contribution is 2.37. The molecule has 0 N–H and O–H groups in total. The van der Waals surface area contributed by atoms with Crippen molar-refractivity contribution in [1.29, 1.82) is 0 Å². The van der Waals surface area contributed by atoms with Crippen LogP contribution >= 0.6 is 0 Å². The highest BCUT2D eigenvalue weighted by Gasteiger charge is 2.37. The summed E-state index contributed by atoms with van der Waals surface area (Å²) in [5.74, 6) is 1.16. The van der Waals surface area contributed by atoms with E-state index in [1.54, 1.807) is 24.3 Å². The molecule has 29 heavy (non-hydrogen) atoms. The predicted molar refractivity (Wildman–Crippen MR) is 124 cm³/mol. The second-order valence-electron chi connectivity index (χ2n) is 10.4. The first-order chi connectivity index (χ1) is 13.1. The molecule has 4 nitrogen and oxygen atoms in total. The van der Waals surface area contributed by atoms with Gasteiger partial charge in [0, 0.05) is 6.61 Å². The standard InChI is InChI=1S/C23H42O4SSi/c1-18-10-12-22(13-11-18)28(24,25)26-16-20(3)14-19(2)15-21(4)17-27-29(8,9)23(5,6)7/h10-13,19-21H,14-17H2,1-9H3/t19-,20+,21-/m0/s1. The Morgan fingerprint density at radius 2 is 1.38 bits per heavy atom. The van der Waals surface area contributed by atoms with Crippen LogP contribution in [0.1, 0.15) is 59.9 Å². The highest BCUT2D eigenvalue weighted by molar-refractivity contribution is 7.86. The molecule has 0 aliphatic rings. The van der Waals surface area contributed by atoms with Gasteiger partial charge in [-0.2, -0.15) is 8.42 Å². The quantitative estimate of drug-likeness (QED) is 0.293. The van der Waals surface area contributed by atoms with E-state index in [0.717, 1.165) is 25.0 Å². The van der Waals surface area contributed by atoms with Gasteiger partial charge in [0.2, 0.25) is 0 Å². The molecule has 168 valence electrons. The molecular weight excluding hydrogens is 400 g/mol. The molecule has 6 heteroatoms. The third-order valence-electron chi connectivity index (χ3n) is 5.96.